The largest absolute Gasteiger partial charge is 0.478 e. The fourth-order valence-electron chi connectivity index (χ4n) is 2.15. The SMILES string of the molecule is NCC1CCC(n2cc(C(=O)O)cn2)C1. The van der Waals surface area contributed by atoms with Crippen LogP contribution in [0.1, 0.15) is 35.7 Å². The summed E-state index contributed by atoms with van der Waals surface area (Å²) >= 11 is 0. The highest BCUT2D eigenvalue weighted by atomic mass is 16.4. The lowest BCUT2D eigenvalue weighted by Gasteiger charge is -2.10. The van der Waals surface area contributed by atoms with Gasteiger partial charge in [-0.15, -0.1) is 0 Å². The van der Waals surface area contributed by atoms with Gasteiger partial charge in [0.15, 0.2) is 0 Å². The zero-order valence-electron chi connectivity index (χ0n) is 8.47. The molecule has 0 spiro atoms. The van der Waals surface area contributed by atoms with Gasteiger partial charge in [0.1, 0.15) is 0 Å². The Bertz CT molecular complexity index is 361. The molecule has 2 rings (SSSR count). The lowest BCUT2D eigenvalue weighted by atomic mass is 10.1. The van der Waals surface area contributed by atoms with Crippen molar-refractivity contribution in [3.63, 3.8) is 0 Å². The topological polar surface area (TPSA) is 81.1 Å². The number of carboxylic acid groups (broad SMARTS) is 1. The van der Waals surface area contributed by atoms with Crippen LogP contribution in [-0.4, -0.2) is 27.4 Å². The van der Waals surface area contributed by atoms with Gasteiger partial charge in [0.2, 0.25) is 0 Å². The van der Waals surface area contributed by atoms with E-state index >= 15 is 0 Å². The molecular formula is C10H15N3O2. The van der Waals surface area contributed by atoms with Crippen LogP contribution in [0.5, 0.6) is 0 Å². The Morgan fingerprint density at radius 3 is 3.00 bits per heavy atom. The van der Waals surface area contributed by atoms with Gasteiger partial charge in [0, 0.05) is 6.20 Å². The van der Waals surface area contributed by atoms with Crippen LogP contribution < -0.4 is 5.73 Å². The summed E-state index contributed by atoms with van der Waals surface area (Å²) in [5.41, 5.74) is 5.86. The van der Waals surface area contributed by atoms with Gasteiger partial charge >= 0.3 is 5.97 Å². The average molecular weight is 209 g/mol. The first kappa shape index (κ1) is 10.2. The van der Waals surface area contributed by atoms with Crippen LogP contribution in [0.3, 0.4) is 0 Å². The van der Waals surface area contributed by atoms with E-state index in [0.717, 1.165) is 19.3 Å². The second-order valence-electron chi connectivity index (χ2n) is 4.08. The highest BCUT2D eigenvalue weighted by Gasteiger charge is 2.25. The number of carbonyl (C=O) groups is 1. The first-order valence-electron chi connectivity index (χ1n) is 5.18. The predicted octanol–water partition coefficient (Wildman–Crippen LogP) is 0.881. The summed E-state index contributed by atoms with van der Waals surface area (Å²) in [6.45, 7) is 0.712. The van der Waals surface area contributed by atoms with Gasteiger partial charge in [-0.2, -0.15) is 5.10 Å². The number of aromatic carboxylic acids is 1. The molecule has 15 heavy (non-hydrogen) atoms. The molecule has 0 bridgehead atoms. The van der Waals surface area contributed by atoms with Crippen LogP contribution in [0.15, 0.2) is 12.4 Å². The molecular weight excluding hydrogens is 194 g/mol. The van der Waals surface area contributed by atoms with Crippen molar-refractivity contribution in [2.75, 3.05) is 6.54 Å². The van der Waals surface area contributed by atoms with Crippen molar-refractivity contribution < 1.29 is 9.90 Å². The Labute approximate surface area is 87.9 Å². The molecule has 1 heterocycles. The first-order chi connectivity index (χ1) is 7.20. The van der Waals surface area contributed by atoms with Gasteiger partial charge < -0.3 is 10.8 Å². The van der Waals surface area contributed by atoms with E-state index in [4.69, 9.17) is 10.8 Å². The van der Waals surface area contributed by atoms with Crippen molar-refractivity contribution in [1.29, 1.82) is 0 Å². The Hall–Kier alpha value is -1.36. The minimum Gasteiger partial charge on any atom is -0.478 e. The summed E-state index contributed by atoms with van der Waals surface area (Å²) in [6.07, 6.45) is 6.17. The molecule has 5 heteroatoms. The highest BCUT2D eigenvalue weighted by Crippen LogP contribution is 2.33. The number of carboxylic acids is 1. The van der Waals surface area contributed by atoms with E-state index < -0.39 is 5.97 Å². The molecule has 0 radical (unpaired) electrons. The Morgan fingerprint density at radius 2 is 2.47 bits per heavy atom. The third-order valence-corrected chi connectivity index (χ3v) is 3.07. The number of nitrogens with zero attached hydrogens (tertiary/aromatic N) is 2. The molecule has 2 atom stereocenters. The molecule has 1 aromatic heterocycles. The van der Waals surface area contributed by atoms with E-state index in [1.54, 1.807) is 10.9 Å². The predicted molar refractivity (Wildman–Crippen MR) is 54.6 cm³/mol. The smallest absolute Gasteiger partial charge is 0.338 e. The number of hydrogen-bond donors (Lipinski definition) is 2. The molecule has 82 valence electrons. The van der Waals surface area contributed by atoms with Crippen LogP contribution in [0.25, 0.3) is 0 Å². The highest BCUT2D eigenvalue weighted by molar-refractivity contribution is 5.86. The van der Waals surface area contributed by atoms with Crippen molar-refractivity contribution in [3.8, 4) is 0 Å². The fourth-order valence-corrected chi connectivity index (χ4v) is 2.15. The molecule has 0 aliphatic heterocycles. The normalized spacial score (nSPS) is 25.7. The van der Waals surface area contributed by atoms with Gasteiger partial charge in [-0.3, -0.25) is 4.68 Å². The van der Waals surface area contributed by atoms with Gasteiger partial charge in [0.25, 0.3) is 0 Å². The van der Waals surface area contributed by atoms with Crippen LogP contribution in [0.2, 0.25) is 0 Å². The van der Waals surface area contributed by atoms with Crippen molar-refractivity contribution in [1.82, 2.24) is 9.78 Å². The molecule has 3 N–H and O–H groups in total. The van der Waals surface area contributed by atoms with Crippen molar-refractivity contribution in [3.05, 3.63) is 18.0 Å². The maximum Gasteiger partial charge on any atom is 0.338 e. The Morgan fingerprint density at radius 1 is 1.67 bits per heavy atom. The summed E-state index contributed by atoms with van der Waals surface area (Å²) < 4.78 is 1.76. The lowest BCUT2D eigenvalue weighted by molar-refractivity contribution is 0.0696. The van der Waals surface area contributed by atoms with E-state index in [-0.39, 0.29) is 5.56 Å². The maximum atomic E-state index is 10.7. The second-order valence-corrected chi connectivity index (χ2v) is 4.08. The Balaban J connectivity index is 2.07. The molecule has 1 fully saturated rings. The monoisotopic (exact) mass is 209 g/mol. The average Bonchev–Trinajstić information content (AvgIpc) is 2.86. The van der Waals surface area contributed by atoms with Crippen LogP contribution >= 0.6 is 0 Å². The molecule has 1 aliphatic carbocycles. The van der Waals surface area contributed by atoms with Gasteiger partial charge in [-0.25, -0.2) is 4.79 Å². The third-order valence-electron chi connectivity index (χ3n) is 3.07. The zero-order valence-corrected chi connectivity index (χ0v) is 8.47. The molecule has 0 aromatic carbocycles. The van der Waals surface area contributed by atoms with E-state index in [1.807, 2.05) is 0 Å². The standard InChI is InChI=1S/C10H15N3O2/c11-4-7-1-2-9(3-7)13-6-8(5-12-13)10(14)15/h5-7,9H,1-4,11H2,(H,14,15). The number of aromatic nitrogens is 2. The minimum absolute atomic E-state index is 0.256. The van der Waals surface area contributed by atoms with E-state index in [1.165, 1.54) is 6.20 Å². The van der Waals surface area contributed by atoms with Crippen LogP contribution in [0, 0.1) is 5.92 Å². The minimum atomic E-state index is -0.922. The van der Waals surface area contributed by atoms with Gasteiger partial charge in [-0.1, -0.05) is 0 Å². The summed E-state index contributed by atoms with van der Waals surface area (Å²) in [4.78, 5) is 10.7. The summed E-state index contributed by atoms with van der Waals surface area (Å²) in [7, 11) is 0. The molecule has 1 aliphatic rings. The number of hydrogen-bond acceptors (Lipinski definition) is 3. The second kappa shape index (κ2) is 4.02. The van der Waals surface area contributed by atoms with Crippen molar-refractivity contribution >= 4 is 5.97 Å². The zero-order chi connectivity index (χ0) is 10.8. The van der Waals surface area contributed by atoms with Crippen molar-refractivity contribution in [2.24, 2.45) is 11.7 Å². The molecule has 0 amide bonds. The first-order valence-corrected chi connectivity index (χ1v) is 5.18. The van der Waals surface area contributed by atoms with E-state index in [9.17, 15) is 4.79 Å². The maximum absolute atomic E-state index is 10.7. The molecule has 5 nitrogen and oxygen atoms in total. The summed E-state index contributed by atoms with van der Waals surface area (Å²) in [6, 6.07) is 0.326. The van der Waals surface area contributed by atoms with Gasteiger partial charge in [0.05, 0.1) is 17.8 Å². The third kappa shape index (κ3) is 2.02. The summed E-state index contributed by atoms with van der Waals surface area (Å²) in [5, 5.41) is 12.8. The molecule has 1 saturated carbocycles. The molecule has 1 aromatic rings. The number of nitrogens with two attached hydrogens (primary N) is 1. The fraction of sp³-hybridized carbons (Fsp3) is 0.600. The van der Waals surface area contributed by atoms with Gasteiger partial charge in [-0.05, 0) is 31.7 Å². The van der Waals surface area contributed by atoms with E-state index in [2.05, 4.69) is 5.10 Å². The molecule has 2 unspecified atom stereocenters. The Kier molecular flexibility index (Phi) is 2.73. The lowest BCUT2D eigenvalue weighted by Crippen LogP contribution is -2.12. The quantitative estimate of drug-likeness (QED) is 0.774. The van der Waals surface area contributed by atoms with Crippen LogP contribution in [0.4, 0.5) is 0 Å². The van der Waals surface area contributed by atoms with E-state index in [0.29, 0.717) is 18.5 Å². The van der Waals surface area contributed by atoms with Crippen LogP contribution in [-0.2, 0) is 0 Å². The molecule has 0 saturated heterocycles. The summed E-state index contributed by atoms with van der Waals surface area (Å²) in [5.74, 6) is -0.359. The van der Waals surface area contributed by atoms with Crippen molar-refractivity contribution in [2.45, 2.75) is 25.3 Å². The number of rotatable bonds is 3.